The van der Waals surface area contributed by atoms with E-state index in [4.69, 9.17) is 5.41 Å². The largest absolute Gasteiger partial charge is 0.360 e. The maximum absolute atomic E-state index is 8.41. The SMILES string of the molecule is N=C(N1CCCC1)C1(c2ccccc2)CC1. The van der Waals surface area contributed by atoms with E-state index in [0.29, 0.717) is 0 Å². The summed E-state index contributed by atoms with van der Waals surface area (Å²) in [5, 5.41) is 8.41. The van der Waals surface area contributed by atoms with Gasteiger partial charge in [0.1, 0.15) is 5.84 Å². The molecule has 1 N–H and O–H groups in total. The highest BCUT2D eigenvalue weighted by molar-refractivity contribution is 5.93. The summed E-state index contributed by atoms with van der Waals surface area (Å²) in [6, 6.07) is 10.6. The molecular formula is C14H18N2. The first-order valence-corrected chi connectivity index (χ1v) is 6.22. The van der Waals surface area contributed by atoms with Crippen LogP contribution in [0.2, 0.25) is 0 Å². The maximum Gasteiger partial charge on any atom is 0.107 e. The van der Waals surface area contributed by atoms with Gasteiger partial charge in [0.15, 0.2) is 0 Å². The Kier molecular flexibility index (Phi) is 2.23. The Labute approximate surface area is 96.8 Å². The molecule has 1 aromatic rings. The van der Waals surface area contributed by atoms with Crippen LogP contribution in [0.3, 0.4) is 0 Å². The van der Waals surface area contributed by atoms with Crippen molar-refractivity contribution >= 4 is 5.84 Å². The van der Waals surface area contributed by atoms with Crippen LogP contribution in [0.4, 0.5) is 0 Å². The van der Waals surface area contributed by atoms with Crippen LogP contribution in [0.25, 0.3) is 0 Å². The number of nitrogens with zero attached hydrogens (tertiary/aromatic N) is 1. The predicted octanol–water partition coefficient (Wildman–Crippen LogP) is 2.79. The molecule has 1 aliphatic carbocycles. The van der Waals surface area contributed by atoms with Crippen LogP contribution in [0.5, 0.6) is 0 Å². The molecule has 0 amide bonds. The molecule has 1 saturated heterocycles. The van der Waals surface area contributed by atoms with Crippen molar-refractivity contribution in [2.75, 3.05) is 13.1 Å². The third kappa shape index (κ3) is 1.44. The van der Waals surface area contributed by atoms with E-state index in [-0.39, 0.29) is 5.41 Å². The number of nitrogens with one attached hydrogen (secondary N) is 1. The third-order valence-corrected chi connectivity index (χ3v) is 3.95. The summed E-state index contributed by atoms with van der Waals surface area (Å²) in [7, 11) is 0. The first-order chi connectivity index (χ1) is 7.83. The minimum absolute atomic E-state index is 0.0750. The average Bonchev–Trinajstić information content (AvgIpc) is 2.97. The summed E-state index contributed by atoms with van der Waals surface area (Å²) in [6.07, 6.45) is 4.83. The van der Waals surface area contributed by atoms with Crippen LogP contribution in [0.1, 0.15) is 31.2 Å². The fraction of sp³-hybridized carbons (Fsp3) is 0.500. The Balaban J connectivity index is 1.86. The van der Waals surface area contributed by atoms with Crippen molar-refractivity contribution in [1.82, 2.24) is 4.90 Å². The first kappa shape index (κ1) is 9.88. The summed E-state index contributed by atoms with van der Waals surface area (Å²) in [5.74, 6) is 0.871. The van der Waals surface area contributed by atoms with Gasteiger partial charge in [-0.15, -0.1) is 0 Å². The van der Waals surface area contributed by atoms with E-state index in [1.807, 2.05) is 0 Å². The summed E-state index contributed by atoms with van der Waals surface area (Å²) in [5.41, 5.74) is 1.41. The molecule has 2 fully saturated rings. The van der Waals surface area contributed by atoms with Crippen molar-refractivity contribution in [1.29, 1.82) is 5.41 Å². The Bertz CT molecular complexity index is 386. The Hall–Kier alpha value is -1.31. The maximum atomic E-state index is 8.41. The zero-order chi connectivity index (χ0) is 11.0. The van der Waals surface area contributed by atoms with E-state index < -0.39 is 0 Å². The minimum atomic E-state index is 0.0750. The smallest absolute Gasteiger partial charge is 0.107 e. The third-order valence-electron chi connectivity index (χ3n) is 3.95. The lowest BCUT2D eigenvalue weighted by Crippen LogP contribution is -2.36. The fourth-order valence-corrected chi connectivity index (χ4v) is 2.79. The Morgan fingerprint density at radius 1 is 1.06 bits per heavy atom. The Morgan fingerprint density at radius 2 is 1.69 bits per heavy atom. The van der Waals surface area contributed by atoms with Crippen LogP contribution in [0, 0.1) is 5.41 Å². The molecule has 0 bridgehead atoms. The van der Waals surface area contributed by atoms with Crippen LogP contribution in [-0.4, -0.2) is 23.8 Å². The van der Waals surface area contributed by atoms with Gasteiger partial charge in [0, 0.05) is 13.1 Å². The topological polar surface area (TPSA) is 27.1 Å². The first-order valence-electron chi connectivity index (χ1n) is 6.22. The second-order valence-corrected chi connectivity index (χ2v) is 4.99. The van der Waals surface area contributed by atoms with Crippen molar-refractivity contribution in [3.63, 3.8) is 0 Å². The van der Waals surface area contributed by atoms with E-state index in [2.05, 4.69) is 35.2 Å². The molecule has 2 aliphatic rings. The molecule has 1 aromatic carbocycles. The molecule has 2 nitrogen and oxygen atoms in total. The van der Waals surface area contributed by atoms with E-state index in [1.165, 1.54) is 18.4 Å². The van der Waals surface area contributed by atoms with Gasteiger partial charge in [0.25, 0.3) is 0 Å². The minimum Gasteiger partial charge on any atom is -0.360 e. The molecule has 0 aromatic heterocycles. The monoisotopic (exact) mass is 214 g/mol. The van der Waals surface area contributed by atoms with Gasteiger partial charge >= 0.3 is 0 Å². The van der Waals surface area contributed by atoms with Crippen LogP contribution in [0.15, 0.2) is 30.3 Å². The highest BCUT2D eigenvalue weighted by Gasteiger charge is 2.50. The number of rotatable bonds is 2. The number of hydrogen-bond donors (Lipinski definition) is 1. The van der Waals surface area contributed by atoms with Gasteiger partial charge in [-0.3, -0.25) is 5.41 Å². The quantitative estimate of drug-likeness (QED) is 0.595. The molecule has 3 rings (SSSR count). The van der Waals surface area contributed by atoms with Gasteiger partial charge in [0.2, 0.25) is 0 Å². The summed E-state index contributed by atoms with van der Waals surface area (Å²) < 4.78 is 0. The molecule has 1 aliphatic heterocycles. The molecule has 16 heavy (non-hydrogen) atoms. The fourth-order valence-electron chi connectivity index (χ4n) is 2.79. The molecule has 1 heterocycles. The van der Waals surface area contributed by atoms with E-state index in [9.17, 15) is 0 Å². The molecular weight excluding hydrogens is 196 g/mol. The van der Waals surface area contributed by atoms with E-state index >= 15 is 0 Å². The standard InChI is InChI=1S/C14H18N2/c15-13(16-10-4-5-11-16)14(8-9-14)12-6-2-1-3-7-12/h1-3,6-7,15H,4-5,8-11H2. The second kappa shape index (κ2) is 3.62. The number of benzene rings is 1. The molecule has 1 saturated carbocycles. The average molecular weight is 214 g/mol. The van der Waals surface area contributed by atoms with Crippen molar-refractivity contribution in [3.8, 4) is 0 Å². The van der Waals surface area contributed by atoms with Gasteiger partial charge in [0.05, 0.1) is 5.41 Å². The highest BCUT2D eigenvalue weighted by atomic mass is 15.2. The van der Waals surface area contributed by atoms with Gasteiger partial charge in [-0.25, -0.2) is 0 Å². The highest BCUT2D eigenvalue weighted by Crippen LogP contribution is 2.50. The van der Waals surface area contributed by atoms with Gasteiger partial charge in [-0.1, -0.05) is 30.3 Å². The van der Waals surface area contributed by atoms with Gasteiger partial charge in [-0.2, -0.15) is 0 Å². The zero-order valence-electron chi connectivity index (χ0n) is 9.58. The molecule has 0 atom stereocenters. The van der Waals surface area contributed by atoms with Crippen molar-refractivity contribution in [3.05, 3.63) is 35.9 Å². The van der Waals surface area contributed by atoms with Gasteiger partial charge < -0.3 is 4.90 Å². The summed E-state index contributed by atoms with van der Waals surface area (Å²) >= 11 is 0. The van der Waals surface area contributed by atoms with Crippen LogP contribution >= 0.6 is 0 Å². The van der Waals surface area contributed by atoms with Crippen molar-refractivity contribution in [2.45, 2.75) is 31.1 Å². The molecule has 0 unspecified atom stereocenters. The summed E-state index contributed by atoms with van der Waals surface area (Å²) in [4.78, 5) is 2.28. The molecule has 84 valence electrons. The van der Waals surface area contributed by atoms with E-state index in [0.717, 1.165) is 31.8 Å². The molecule has 0 radical (unpaired) electrons. The van der Waals surface area contributed by atoms with Crippen LogP contribution < -0.4 is 0 Å². The lowest BCUT2D eigenvalue weighted by Gasteiger charge is -2.26. The van der Waals surface area contributed by atoms with Gasteiger partial charge in [-0.05, 0) is 31.2 Å². The van der Waals surface area contributed by atoms with Crippen molar-refractivity contribution < 1.29 is 0 Å². The van der Waals surface area contributed by atoms with E-state index in [1.54, 1.807) is 0 Å². The lowest BCUT2D eigenvalue weighted by molar-refractivity contribution is 0.488. The summed E-state index contributed by atoms with van der Waals surface area (Å²) in [6.45, 7) is 2.18. The number of hydrogen-bond acceptors (Lipinski definition) is 1. The lowest BCUT2D eigenvalue weighted by atomic mass is 9.94. The molecule has 0 spiro atoms. The zero-order valence-corrected chi connectivity index (χ0v) is 9.58. The van der Waals surface area contributed by atoms with Crippen molar-refractivity contribution in [2.24, 2.45) is 0 Å². The second-order valence-electron chi connectivity index (χ2n) is 4.99. The number of likely N-dealkylation sites (tertiary alicyclic amines) is 1. The molecule has 2 heteroatoms. The number of amidine groups is 1. The predicted molar refractivity (Wildman–Crippen MR) is 65.9 cm³/mol. The Morgan fingerprint density at radius 3 is 2.25 bits per heavy atom. The normalized spacial score (nSPS) is 22.1. The van der Waals surface area contributed by atoms with Crippen LogP contribution in [-0.2, 0) is 5.41 Å².